The van der Waals surface area contributed by atoms with Crippen LogP contribution >= 0.6 is 23.5 Å². The number of rotatable bonds is 7. The maximum absolute atomic E-state index is 13.6. The zero-order chi connectivity index (χ0) is 35.2. The van der Waals surface area contributed by atoms with Gasteiger partial charge in [0, 0.05) is 60.7 Å². The van der Waals surface area contributed by atoms with Gasteiger partial charge in [0.2, 0.25) is 0 Å². The maximum Gasteiger partial charge on any atom is 0.419 e. The number of hydrogen-bond donors (Lipinski definition) is 2. The molecule has 0 unspecified atom stereocenters. The van der Waals surface area contributed by atoms with Crippen LogP contribution in [-0.2, 0) is 12.4 Å². The van der Waals surface area contributed by atoms with E-state index in [-0.39, 0.29) is 27.2 Å². The number of nitrogens with two attached hydrogens (primary N) is 2. The molecule has 0 saturated heterocycles. The van der Waals surface area contributed by atoms with Crippen LogP contribution in [0.25, 0.3) is 11.1 Å². The van der Waals surface area contributed by atoms with Crippen LogP contribution in [0.3, 0.4) is 0 Å². The van der Waals surface area contributed by atoms with Gasteiger partial charge in [-0.3, -0.25) is 0 Å². The molecule has 4 aromatic carbocycles. The molecule has 0 bridgehead atoms. The fraction of sp³-hybridized carbons (Fsp3) is 0.171. The Kier molecular flexibility index (Phi) is 11.5. The molecule has 0 aliphatic rings. The van der Waals surface area contributed by atoms with E-state index in [4.69, 9.17) is 11.5 Å². The summed E-state index contributed by atoms with van der Waals surface area (Å²) in [5.74, 6) is 0. The molecule has 252 valence electrons. The summed E-state index contributed by atoms with van der Waals surface area (Å²) >= 11 is 1.10. The standard InChI is InChI=1S/C19H13F6N3S2.C16H20N2/c20-18(21,22)10-9-11(19(23,24)25)17(30-15-8-4-2-6-13(15)27)28-16(10)29-14-7-3-1-5-12(14)26;1-17(2)15-9-5-13(6-10-15)14-7-11-16(12-8-14)18(3)4/h1-9H,26-27H2;5-12H,1-4H3. The van der Waals surface area contributed by atoms with Crippen LogP contribution < -0.4 is 21.3 Å². The lowest BCUT2D eigenvalue weighted by atomic mass is 10.0. The highest BCUT2D eigenvalue weighted by atomic mass is 32.2. The van der Waals surface area contributed by atoms with Crippen LogP contribution in [0.15, 0.2) is 123 Å². The summed E-state index contributed by atoms with van der Waals surface area (Å²) in [5.41, 5.74) is 13.9. The summed E-state index contributed by atoms with van der Waals surface area (Å²) in [6, 6.07) is 29.5. The summed E-state index contributed by atoms with van der Waals surface area (Å²) in [4.78, 5) is 8.46. The zero-order valence-electron chi connectivity index (χ0n) is 26.4. The fourth-order valence-electron chi connectivity index (χ4n) is 4.30. The molecule has 5 aromatic rings. The zero-order valence-corrected chi connectivity index (χ0v) is 28.0. The van der Waals surface area contributed by atoms with Crippen molar-refractivity contribution >= 4 is 46.3 Å². The number of para-hydroxylation sites is 2. The van der Waals surface area contributed by atoms with Crippen molar-refractivity contribution in [3.05, 3.63) is 114 Å². The highest BCUT2D eigenvalue weighted by Gasteiger charge is 2.41. The van der Waals surface area contributed by atoms with Gasteiger partial charge in [0.15, 0.2) is 0 Å². The van der Waals surface area contributed by atoms with Crippen LogP contribution in [0.4, 0.5) is 49.1 Å². The third-order valence-electron chi connectivity index (χ3n) is 6.92. The number of aromatic nitrogens is 1. The Bertz CT molecular complexity index is 1690. The number of hydrogen-bond acceptors (Lipinski definition) is 7. The van der Waals surface area contributed by atoms with Crippen molar-refractivity contribution in [3.63, 3.8) is 0 Å². The number of nitrogens with zero attached hydrogens (tertiary/aromatic N) is 3. The number of anilines is 4. The number of alkyl halides is 6. The summed E-state index contributed by atoms with van der Waals surface area (Å²) < 4.78 is 81.4. The predicted molar refractivity (Wildman–Crippen MR) is 185 cm³/mol. The Morgan fingerprint density at radius 3 is 1.15 bits per heavy atom. The topological polar surface area (TPSA) is 71.4 Å². The van der Waals surface area contributed by atoms with Crippen LogP contribution in [0.1, 0.15) is 11.1 Å². The quantitative estimate of drug-likeness (QED) is 0.129. The Morgan fingerprint density at radius 2 is 0.854 bits per heavy atom. The van der Waals surface area contributed by atoms with Gasteiger partial charge in [0.1, 0.15) is 10.1 Å². The van der Waals surface area contributed by atoms with Gasteiger partial charge in [-0.05, 0) is 65.7 Å². The van der Waals surface area contributed by atoms with Gasteiger partial charge in [0.25, 0.3) is 0 Å². The molecule has 48 heavy (non-hydrogen) atoms. The number of benzene rings is 4. The van der Waals surface area contributed by atoms with Gasteiger partial charge < -0.3 is 21.3 Å². The lowest BCUT2D eigenvalue weighted by Crippen LogP contribution is -2.15. The smallest absolute Gasteiger partial charge is 0.398 e. The van der Waals surface area contributed by atoms with E-state index in [2.05, 4.69) is 91.5 Å². The monoisotopic (exact) mass is 701 g/mol. The van der Waals surface area contributed by atoms with Gasteiger partial charge in [-0.2, -0.15) is 26.3 Å². The average Bonchev–Trinajstić information content (AvgIpc) is 3.02. The summed E-state index contributed by atoms with van der Waals surface area (Å²) in [6.07, 6.45) is -10.1. The Hall–Kier alpha value is -4.49. The lowest BCUT2D eigenvalue weighted by molar-refractivity contribution is -0.146. The van der Waals surface area contributed by atoms with Gasteiger partial charge in [-0.15, -0.1) is 0 Å². The van der Waals surface area contributed by atoms with Crippen molar-refractivity contribution in [1.82, 2.24) is 4.98 Å². The van der Waals surface area contributed by atoms with Crippen LogP contribution in [0.5, 0.6) is 0 Å². The SMILES string of the molecule is CN(C)c1ccc(-c2ccc(N(C)C)cc2)cc1.Nc1ccccc1Sc1nc(Sc2ccccc2N)c(C(F)(F)F)cc1C(F)(F)F. The molecule has 0 amide bonds. The van der Waals surface area contributed by atoms with Crippen LogP contribution in [0.2, 0.25) is 0 Å². The minimum atomic E-state index is -5.05. The Morgan fingerprint density at radius 1 is 0.521 bits per heavy atom. The molecular formula is C35H33F6N5S2. The molecule has 1 aromatic heterocycles. The number of halogens is 6. The van der Waals surface area contributed by atoms with Gasteiger partial charge in [-0.25, -0.2) is 4.98 Å². The molecule has 0 saturated carbocycles. The molecule has 5 nitrogen and oxygen atoms in total. The first-order valence-corrected chi connectivity index (χ1v) is 16.0. The minimum absolute atomic E-state index is 0.0793. The second-order valence-corrected chi connectivity index (χ2v) is 12.9. The van der Waals surface area contributed by atoms with Crippen LogP contribution in [0, 0.1) is 0 Å². The van der Waals surface area contributed by atoms with Crippen molar-refractivity contribution < 1.29 is 26.3 Å². The Balaban J connectivity index is 0.000000246. The van der Waals surface area contributed by atoms with E-state index in [9.17, 15) is 26.3 Å². The largest absolute Gasteiger partial charge is 0.419 e. The summed E-state index contributed by atoms with van der Waals surface area (Å²) in [7, 11) is 8.23. The van der Waals surface area contributed by atoms with Crippen molar-refractivity contribution in [1.29, 1.82) is 0 Å². The number of nitrogen functional groups attached to an aromatic ring is 2. The van der Waals surface area contributed by atoms with E-state index >= 15 is 0 Å². The molecule has 0 radical (unpaired) electrons. The molecule has 0 aliphatic carbocycles. The van der Waals surface area contributed by atoms with Crippen molar-refractivity contribution in [2.45, 2.75) is 32.2 Å². The second-order valence-electron chi connectivity index (χ2n) is 10.9. The first kappa shape index (κ1) is 36.3. The predicted octanol–water partition coefficient (Wildman–Crippen LogP) is 10.1. The van der Waals surface area contributed by atoms with Gasteiger partial charge in [-0.1, -0.05) is 72.1 Å². The van der Waals surface area contributed by atoms with Crippen molar-refractivity contribution in [2.24, 2.45) is 0 Å². The normalized spacial score (nSPS) is 11.5. The van der Waals surface area contributed by atoms with E-state index in [1.54, 1.807) is 24.3 Å². The summed E-state index contributed by atoms with van der Waals surface area (Å²) in [6.45, 7) is 0. The lowest BCUT2D eigenvalue weighted by Gasteiger charge is -2.18. The Labute approximate surface area is 284 Å². The summed E-state index contributed by atoms with van der Waals surface area (Å²) in [5, 5.41) is -1.27. The molecule has 0 spiro atoms. The maximum atomic E-state index is 13.6. The third-order valence-corrected chi connectivity index (χ3v) is 9.11. The van der Waals surface area contributed by atoms with E-state index in [1.807, 2.05) is 0 Å². The van der Waals surface area contributed by atoms with Gasteiger partial charge in [0.05, 0.1) is 11.1 Å². The first-order chi connectivity index (χ1) is 22.5. The van der Waals surface area contributed by atoms with E-state index in [0.717, 1.165) is 0 Å². The molecular weight excluding hydrogens is 669 g/mol. The first-order valence-electron chi connectivity index (χ1n) is 14.3. The molecule has 13 heteroatoms. The van der Waals surface area contributed by atoms with E-state index < -0.39 is 33.5 Å². The van der Waals surface area contributed by atoms with Crippen LogP contribution in [-0.4, -0.2) is 33.2 Å². The minimum Gasteiger partial charge on any atom is -0.398 e. The fourth-order valence-corrected chi connectivity index (χ4v) is 6.28. The molecule has 1 heterocycles. The second kappa shape index (κ2) is 15.2. The highest BCUT2D eigenvalue weighted by molar-refractivity contribution is 8.00. The molecule has 0 fully saturated rings. The molecule has 5 rings (SSSR count). The molecule has 4 N–H and O–H groups in total. The average molecular weight is 702 g/mol. The molecule has 0 atom stereocenters. The van der Waals surface area contributed by atoms with E-state index in [0.29, 0.717) is 23.5 Å². The van der Waals surface area contributed by atoms with Crippen molar-refractivity contribution in [3.8, 4) is 11.1 Å². The van der Waals surface area contributed by atoms with Crippen molar-refractivity contribution in [2.75, 3.05) is 49.5 Å². The highest BCUT2D eigenvalue weighted by Crippen LogP contribution is 2.47. The van der Waals surface area contributed by atoms with E-state index in [1.165, 1.54) is 46.8 Å². The third kappa shape index (κ3) is 9.32. The number of pyridine rings is 1. The molecule has 0 aliphatic heterocycles. The van der Waals surface area contributed by atoms with Gasteiger partial charge >= 0.3 is 12.4 Å².